The van der Waals surface area contributed by atoms with Gasteiger partial charge in [0.25, 0.3) is 0 Å². The second kappa shape index (κ2) is 7.15. The third-order valence-electron chi connectivity index (χ3n) is 4.00. The van der Waals surface area contributed by atoms with Crippen molar-refractivity contribution in [3.63, 3.8) is 0 Å². The molecular formula is C16H21F2NO3. The fourth-order valence-electron chi connectivity index (χ4n) is 2.67. The molecule has 3 atom stereocenters. The highest BCUT2D eigenvalue weighted by Crippen LogP contribution is 2.25. The lowest BCUT2D eigenvalue weighted by molar-refractivity contribution is -0.146. The summed E-state index contributed by atoms with van der Waals surface area (Å²) in [5.74, 6) is -1.74. The number of ether oxygens (including phenoxy) is 1. The summed E-state index contributed by atoms with van der Waals surface area (Å²) in [7, 11) is 0. The van der Waals surface area contributed by atoms with Gasteiger partial charge in [0.1, 0.15) is 11.6 Å². The fraction of sp³-hybridized carbons (Fsp3) is 0.562. The van der Waals surface area contributed by atoms with Gasteiger partial charge in [0.2, 0.25) is 5.91 Å². The summed E-state index contributed by atoms with van der Waals surface area (Å²) < 4.78 is 32.1. The number of hydrogen-bond donors (Lipinski definition) is 1. The molecule has 0 radical (unpaired) electrons. The van der Waals surface area contributed by atoms with Crippen LogP contribution in [0.3, 0.4) is 0 Å². The molecule has 1 N–H and O–H groups in total. The first-order valence-electron chi connectivity index (χ1n) is 7.39. The van der Waals surface area contributed by atoms with Gasteiger partial charge in [-0.1, -0.05) is 13.0 Å². The molecule has 2 rings (SSSR count). The number of carbonyl (C=O) groups is 1. The Morgan fingerprint density at radius 1 is 1.50 bits per heavy atom. The average molecular weight is 313 g/mol. The highest BCUT2D eigenvalue weighted by molar-refractivity contribution is 5.77. The maximum Gasteiger partial charge on any atom is 0.223 e. The van der Waals surface area contributed by atoms with Gasteiger partial charge in [-0.25, -0.2) is 8.78 Å². The van der Waals surface area contributed by atoms with Gasteiger partial charge < -0.3 is 14.7 Å². The largest absolute Gasteiger partial charge is 0.394 e. The van der Waals surface area contributed by atoms with E-state index in [-0.39, 0.29) is 37.0 Å². The van der Waals surface area contributed by atoms with Gasteiger partial charge in [-0.2, -0.15) is 0 Å². The summed E-state index contributed by atoms with van der Waals surface area (Å²) in [4.78, 5) is 14.1. The van der Waals surface area contributed by atoms with Crippen molar-refractivity contribution in [2.24, 2.45) is 0 Å². The molecule has 122 valence electrons. The lowest BCUT2D eigenvalue weighted by Gasteiger charge is -2.38. The number of nitrogens with zero attached hydrogens (tertiary/aromatic N) is 1. The number of aliphatic hydroxyl groups is 1. The molecule has 1 amide bonds. The summed E-state index contributed by atoms with van der Waals surface area (Å²) in [5.41, 5.74) is 0.328. The molecule has 22 heavy (non-hydrogen) atoms. The molecule has 1 saturated heterocycles. The van der Waals surface area contributed by atoms with Crippen molar-refractivity contribution in [3.8, 4) is 0 Å². The lowest BCUT2D eigenvalue weighted by atomic mass is 9.96. The van der Waals surface area contributed by atoms with Gasteiger partial charge in [0.15, 0.2) is 0 Å². The quantitative estimate of drug-likeness (QED) is 0.926. The van der Waals surface area contributed by atoms with E-state index < -0.39 is 11.6 Å². The molecule has 1 aromatic carbocycles. The number of amides is 1. The molecule has 0 bridgehead atoms. The molecule has 4 nitrogen and oxygen atoms in total. The maximum absolute atomic E-state index is 13.8. The van der Waals surface area contributed by atoms with E-state index in [2.05, 4.69) is 0 Å². The second-order valence-corrected chi connectivity index (χ2v) is 5.80. The van der Waals surface area contributed by atoms with E-state index in [1.165, 1.54) is 12.1 Å². The van der Waals surface area contributed by atoms with Crippen molar-refractivity contribution in [1.82, 2.24) is 4.90 Å². The highest BCUT2D eigenvalue weighted by Gasteiger charge is 2.30. The van der Waals surface area contributed by atoms with Crippen molar-refractivity contribution in [3.05, 3.63) is 35.4 Å². The summed E-state index contributed by atoms with van der Waals surface area (Å²) in [6.07, 6.45) is -0.247. The third kappa shape index (κ3) is 3.81. The van der Waals surface area contributed by atoms with Crippen molar-refractivity contribution >= 4 is 5.91 Å². The van der Waals surface area contributed by atoms with E-state index in [0.29, 0.717) is 18.7 Å². The van der Waals surface area contributed by atoms with E-state index in [1.807, 2.05) is 6.92 Å². The van der Waals surface area contributed by atoms with Crippen molar-refractivity contribution in [2.75, 3.05) is 19.8 Å². The second-order valence-electron chi connectivity index (χ2n) is 5.80. The first kappa shape index (κ1) is 16.8. The van der Waals surface area contributed by atoms with Gasteiger partial charge in [-0.15, -0.1) is 0 Å². The summed E-state index contributed by atoms with van der Waals surface area (Å²) in [6, 6.07) is 3.32. The Morgan fingerprint density at radius 3 is 2.86 bits per heavy atom. The standard InChI is InChI=1S/C16H21F2NO3/c1-10(14-4-3-12(17)6-15(14)18)5-16(21)19-7-13(8-20)22-9-11(19)2/h3-4,6,10-11,13,20H,5,7-9H2,1-2H3. The van der Waals surface area contributed by atoms with E-state index in [4.69, 9.17) is 9.84 Å². The van der Waals surface area contributed by atoms with Gasteiger partial charge in [0.05, 0.1) is 25.4 Å². The van der Waals surface area contributed by atoms with Gasteiger partial charge in [-0.05, 0) is 24.5 Å². The van der Waals surface area contributed by atoms with Crippen LogP contribution in [0.25, 0.3) is 0 Å². The van der Waals surface area contributed by atoms with Crippen LogP contribution in [-0.4, -0.2) is 47.8 Å². The maximum atomic E-state index is 13.8. The van der Waals surface area contributed by atoms with E-state index >= 15 is 0 Å². The Labute approximate surface area is 128 Å². The fourth-order valence-corrected chi connectivity index (χ4v) is 2.67. The molecule has 1 fully saturated rings. The number of halogens is 2. The van der Waals surface area contributed by atoms with Crippen LogP contribution in [0.4, 0.5) is 8.78 Å². The number of benzene rings is 1. The average Bonchev–Trinajstić information content (AvgIpc) is 2.47. The minimum Gasteiger partial charge on any atom is -0.394 e. The van der Waals surface area contributed by atoms with Gasteiger partial charge in [0, 0.05) is 19.0 Å². The molecule has 6 heteroatoms. The predicted molar refractivity (Wildman–Crippen MR) is 77.4 cm³/mol. The van der Waals surface area contributed by atoms with Gasteiger partial charge >= 0.3 is 0 Å². The molecule has 1 heterocycles. The zero-order chi connectivity index (χ0) is 16.3. The van der Waals surface area contributed by atoms with E-state index in [1.54, 1.807) is 11.8 Å². The molecule has 0 saturated carbocycles. The molecule has 1 aliphatic rings. The summed E-state index contributed by atoms with van der Waals surface area (Å²) in [5, 5.41) is 9.15. The molecule has 1 aromatic rings. The summed E-state index contributed by atoms with van der Waals surface area (Å²) >= 11 is 0. The topological polar surface area (TPSA) is 49.8 Å². The van der Waals surface area contributed by atoms with E-state index in [9.17, 15) is 13.6 Å². The van der Waals surface area contributed by atoms with Crippen LogP contribution < -0.4 is 0 Å². The van der Waals surface area contributed by atoms with Gasteiger partial charge in [-0.3, -0.25) is 4.79 Å². The number of morpholine rings is 1. The summed E-state index contributed by atoms with van der Waals surface area (Å²) in [6.45, 7) is 4.17. The Hall–Kier alpha value is -1.53. The number of aliphatic hydroxyl groups excluding tert-OH is 1. The molecule has 0 spiro atoms. The minimum atomic E-state index is -0.636. The zero-order valence-electron chi connectivity index (χ0n) is 12.8. The Kier molecular flexibility index (Phi) is 5.47. The molecule has 1 aliphatic heterocycles. The molecule has 3 unspecified atom stereocenters. The zero-order valence-corrected chi connectivity index (χ0v) is 12.8. The Balaban J connectivity index is 2.03. The van der Waals surface area contributed by atoms with E-state index in [0.717, 1.165) is 6.07 Å². The lowest BCUT2D eigenvalue weighted by Crippen LogP contribution is -2.52. The normalized spacial score (nSPS) is 23.4. The van der Waals surface area contributed by atoms with Crippen LogP contribution in [0.5, 0.6) is 0 Å². The highest BCUT2D eigenvalue weighted by atomic mass is 19.1. The van der Waals surface area contributed by atoms with Crippen LogP contribution in [-0.2, 0) is 9.53 Å². The van der Waals surface area contributed by atoms with Crippen LogP contribution >= 0.6 is 0 Å². The van der Waals surface area contributed by atoms with Crippen LogP contribution in [0.1, 0.15) is 31.7 Å². The number of rotatable bonds is 4. The van der Waals surface area contributed by atoms with Crippen molar-refractivity contribution in [1.29, 1.82) is 0 Å². The number of hydrogen-bond acceptors (Lipinski definition) is 3. The SMILES string of the molecule is CC(CC(=O)N1CC(CO)OCC1C)c1ccc(F)cc1F. The molecule has 0 aromatic heterocycles. The smallest absolute Gasteiger partial charge is 0.223 e. The van der Waals surface area contributed by atoms with Crippen LogP contribution in [0.2, 0.25) is 0 Å². The van der Waals surface area contributed by atoms with Crippen molar-refractivity contribution in [2.45, 2.75) is 38.3 Å². The van der Waals surface area contributed by atoms with Crippen molar-refractivity contribution < 1.29 is 23.4 Å². The third-order valence-corrected chi connectivity index (χ3v) is 4.00. The molecular weight excluding hydrogens is 292 g/mol. The van der Waals surface area contributed by atoms with Crippen LogP contribution in [0, 0.1) is 11.6 Å². The first-order chi connectivity index (χ1) is 10.4. The minimum absolute atomic E-state index is 0.0828. The van der Waals surface area contributed by atoms with Crippen LogP contribution in [0.15, 0.2) is 18.2 Å². The monoisotopic (exact) mass is 313 g/mol. The number of carbonyl (C=O) groups excluding carboxylic acids is 1. The Morgan fingerprint density at radius 2 is 2.23 bits per heavy atom. The molecule has 0 aliphatic carbocycles. The first-order valence-corrected chi connectivity index (χ1v) is 7.39. The predicted octanol–water partition coefficient (Wildman–Crippen LogP) is 2.07. The Bertz CT molecular complexity index is 538.